The van der Waals surface area contributed by atoms with Crippen molar-refractivity contribution in [1.29, 1.82) is 0 Å². The fourth-order valence-electron chi connectivity index (χ4n) is 3.74. The molecule has 5 rings (SSSR count). The van der Waals surface area contributed by atoms with E-state index in [0.717, 1.165) is 6.07 Å². The molecule has 6 nitrogen and oxygen atoms in total. The van der Waals surface area contributed by atoms with Gasteiger partial charge in [-0.05, 0) is 42.7 Å². The summed E-state index contributed by atoms with van der Waals surface area (Å²) in [6, 6.07) is 9.92. The van der Waals surface area contributed by atoms with Crippen molar-refractivity contribution in [3.63, 3.8) is 0 Å². The summed E-state index contributed by atoms with van der Waals surface area (Å²) in [7, 11) is 0. The van der Waals surface area contributed by atoms with Crippen molar-refractivity contribution in [2.24, 2.45) is 4.99 Å². The van der Waals surface area contributed by atoms with Crippen LogP contribution in [-0.4, -0.2) is 16.7 Å². The molecule has 1 aromatic heterocycles. The normalized spacial score (nSPS) is 19.0. The molecule has 0 amide bonds. The third kappa shape index (κ3) is 3.26. The molecule has 1 atom stereocenters. The first-order chi connectivity index (χ1) is 14.1. The molecular weight excluding hydrogens is 378 g/mol. The minimum Gasteiger partial charge on any atom is -0.423 e. The largest absolute Gasteiger partial charge is 0.423 e. The molecule has 0 fully saturated rings. The Bertz CT molecular complexity index is 1150. The molecule has 0 bridgehead atoms. The van der Waals surface area contributed by atoms with E-state index in [0.29, 0.717) is 47.6 Å². The number of Topliss-reactive ketones (excluding diaryl/α,β-unsaturated/α-hetero) is 1. The van der Waals surface area contributed by atoms with Gasteiger partial charge in [-0.1, -0.05) is 12.1 Å². The minimum atomic E-state index is -0.809. The molecule has 146 valence electrons. The summed E-state index contributed by atoms with van der Waals surface area (Å²) in [5.41, 5.74) is 2.73. The Morgan fingerprint density at radius 1 is 1.10 bits per heavy atom. The van der Waals surface area contributed by atoms with Crippen LogP contribution in [0.3, 0.4) is 0 Å². The Morgan fingerprint density at radius 2 is 1.90 bits per heavy atom. The zero-order valence-electron chi connectivity index (χ0n) is 15.2. The third-order valence-electron chi connectivity index (χ3n) is 4.98. The SMILES string of the molecule is O=C1CCCC2=C1C(c1cc(F)cc(F)c1)N=C(Nc1nc3ccccc3o1)N2. The smallest absolute Gasteiger partial charge is 0.302 e. The quantitative estimate of drug-likeness (QED) is 0.680. The number of aliphatic imine (C=N–C) groups is 1. The van der Waals surface area contributed by atoms with Gasteiger partial charge in [0.2, 0.25) is 5.96 Å². The van der Waals surface area contributed by atoms with Gasteiger partial charge in [-0.2, -0.15) is 4.98 Å². The van der Waals surface area contributed by atoms with E-state index in [9.17, 15) is 13.6 Å². The number of guanidine groups is 1. The average Bonchev–Trinajstić information content (AvgIpc) is 3.09. The van der Waals surface area contributed by atoms with E-state index in [4.69, 9.17) is 4.42 Å². The molecule has 1 aliphatic carbocycles. The van der Waals surface area contributed by atoms with Gasteiger partial charge in [0, 0.05) is 23.8 Å². The molecule has 29 heavy (non-hydrogen) atoms. The van der Waals surface area contributed by atoms with Gasteiger partial charge in [0.05, 0.1) is 0 Å². The zero-order valence-corrected chi connectivity index (χ0v) is 15.2. The molecule has 2 N–H and O–H groups in total. The number of para-hydroxylation sites is 2. The van der Waals surface area contributed by atoms with Gasteiger partial charge in [-0.25, -0.2) is 13.8 Å². The van der Waals surface area contributed by atoms with Crippen molar-refractivity contribution >= 4 is 28.9 Å². The van der Waals surface area contributed by atoms with Crippen molar-refractivity contribution < 1.29 is 18.0 Å². The maximum atomic E-state index is 13.8. The number of hydrogen-bond donors (Lipinski definition) is 2. The summed E-state index contributed by atoms with van der Waals surface area (Å²) < 4.78 is 33.3. The zero-order chi connectivity index (χ0) is 20.0. The van der Waals surface area contributed by atoms with Crippen LogP contribution in [0.4, 0.5) is 14.8 Å². The summed E-state index contributed by atoms with van der Waals surface area (Å²) in [6.45, 7) is 0. The highest BCUT2D eigenvalue weighted by molar-refractivity contribution is 6.03. The molecule has 3 aromatic rings. The van der Waals surface area contributed by atoms with Crippen LogP contribution in [0.5, 0.6) is 0 Å². The number of allylic oxidation sites excluding steroid dienone is 1. The summed E-state index contributed by atoms with van der Waals surface area (Å²) in [6.07, 6.45) is 1.73. The van der Waals surface area contributed by atoms with E-state index >= 15 is 0 Å². The second-order valence-corrected chi connectivity index (χ2v) is 6.99. The predicted molar refractivity (Wildman–Crippen MR) is 103 cm³/mol. The van der Waals surface area contributed by atoms with Crippen molar-refractivity contribution in [3.8, 4) is 0 Å². The number of carbonyl (C=O) groups excluding carboxylic acids is 1. The highest BCUT2D eigenvalue weighted by atomic mass is 19.1. The number of nitrogens with one attached hydrogen (secondary N) is 2. The highest BCUT2D eigenvalue weighted by Gasteiger charge is 2.33. The fraction of sp³-hybridized carbons (Fsp3) is 0.190. The maximum absolute atomic E-state index is 13.8. The standard InChI is InChI=1S/C21H16F2N4O2/c22-12-8-11(9-13(23)10-12)19-18-15(5-3-6-16(18)28)24-20(26-19)27-21-25-14-4-1-2-7-17(14)29-21/h1-2,4,7-10,19H,3,5-6H2,(H2,24,25,26,27). The number of fused-ring (bicyclic) bond motifs is 1. The Labute approximate surface area is 164 Å². The first-order valence-electron chi connectivity index (χ1n) is 9.26. The Kier molecular flexibility index (Phi) is 4.12. The van der Waals surface area contributed by atoms with Crippen molar-refractivity contribution in [1.82, 2.24) is 10.3 Å². The number of ketones is 1. The number of anilines is 1. The predicted octanol–water partition coefficient (Wildman–Crippen LogP) is 4.23. The lowest BCUT2D eigenvalue weighted by molar-refractivity contribution is -0.116. The maximum Gasteiger partial charge on any atom is 0.302 e. The molecule has 0 spiro atoms. The number of aromatic nitrogens is 1. The molecule has 0 radical (unpaired) electrons. The fourth-order valence-corrected chi connectivity index (χ4v) is 3.74. The van der Waals surface area contributed by atoms with E-state index < -0.39 is 17.7 Å². The van der Waals surface area contributed by atoms with Crippen LogP contribution in [0.2, 0.25) is 0 Å². The number of nitrogens with zero attached hydrogens (tertiary/aromatic N) is 2. The topological polar surface area (TPSA) is 79.5 Å². The lowest BCUT2D eigenvalue weighted by Gasteiger charge is -2.30. The number of carbonyl (C=O) groups is 1. The molecule has 0 saturated carbocycles. The Hall–Kier alpha value is -3.55. The number of benzene rings is 2. The van der Waals surface area contributed by atoms with Crippen LogP contribution in [0.1, 0.15) is 30.9 Å². The molecule has 0 saturated heterocycles. The van der Waals surface area contributed by atoms with Gasteiger partial charge in [-0.3, -0.25) is 10.1 Å². The van der Waals surface area contributed by atoms with E-state index in [-0.39, 0.29) is 17.4 Å². The molecule has 2 aromatic carbocycles. The lowest BCUT2D eigenvalue weighted by Crippen LogP contribution is -2.38. The second-order valence-electron chi connectivity index (χ2n) is 6.99. The number of halogens is 2. The average molecular weight is 394 g/mol. The van der Waals surface area contributed by atoms with Crippen LogP contribution in [0, 0.1) is 11.6 Å². The Balaban J connectivity index is 1.55. The van der Waals surface area contributed by atoms with Gasteiger partial charge < -0.3 is 9.73 Å². The van der Waals surface area contributed by atoms with Crippen molar-refractivity contribution in [2.45, 2.75) is 25.3 Å². The monoisotopic (exact) mass is 394 g/mol. The van der Waals surface area contributed by atoms with Gasteiger partial charge in [0.25, 0.3) is 0 Å². The number of oxazole rings is 1. The molecule has 2 heterocycles. The first-order valence-corrected chi connectivity index (χ1v) is 9.26. The summed E-state index contributed by atoms with van der Waals surface area (Å²) in [5.74, 6) is -1.20. The van der Waals surface area contributed by atoms with Crippen molar-refractivity contribution in [2.75, 3.05) is 5.32 Å². The summed E-state index contributed by atoms with van der Waals surface area (Å²) in [5, 5.41) is 6.09. The third-order valence-corrected chi connectivity index (χ3v) is 4.98. The highest BCUT2D eigenvalue weighted by Crippen LogP contribution is 2.37. The number of rotatable bonds is 2. The van der Waals surface area contributed by atoms with Crippen LogP contribution in [0.25, 0.3) is 11.1 Å². The molecule has 2 aliphatic rings. The van der Waals surface area contributed by atoms with Gasteiger partial charge >= 0.3 is 6.01 Å². The molecule has 1 unspecified atom stereocenters. The van der Waals surface area contributed by atoms with Gasteiger partial charge in [0.15, 0.2) is 11.4 Å². The Morgan fingerprint density at radius 3 is 2.69 bits per heavy atom. The van der Waals surface area contributed by atoms with E-state index in [1.165, 1.54) is 12.1 Å². The molecule has 8 heteroatoms. The summed E-state index contributed by atoms with van der Waals surface area (Å²) in [4.78, 5) is 21.4. The lowest BCUT2D eigenvalue weighted by atomic mass is 9.86. The van der Waals surface area contributed by atoms with E-state index in [2.05, 4.69) is 20.6 Å². The van der Waals surface area contributed by atoms with Crippen LogP contribution in [0.15, 0.2) is 63.1 Å². The van der Waals surface area contributed by atoms with Crippen molar-refractivity contribution in [3.05, 3.63) is 70.9 Å². The van der Waals surface area contributed by atoms with Crippen LogP contribution >= 0.6 is 0 Å². The van der Waals surface area contributed by atoms with Crippen LogP contribution < -0.4 is 10.6 Å². The molecular formula is C21H16F2N4O2. The van der Waals surface area contributed by atoms with E-state index in [1.54, 1.807) is 6.07 Å². The van der Waals surface area contributed by atoms with Gasteiger partial charge in [-0.15, -0.1) is 0 Å². The first kappa shape index (κ1) is 17.5. The minimum absolute atomic E-state index is 0.0712. The number of hydrogen-bond acceptors (Lipinski definition) is 6. The second kappa shape index (κ2) is 6.80. The van der Waals surface area contributed by atoms with Crippen LogP contribution in [-0.2, 0) is 4.79 Å². The van der Waals surface area contributed by atoms with Gasteiger partial charge in [0.1, 0.15) is 23.2 Å². The van der Waals surface area contributed by atoms with E-state index in [1.807, 2.05) is 18.2 Å². The summed E-state index contributed by atoms with van der Waals surface area (Å²) >= 11 is 0. The molecule has 1 aliphatic heterocycles.